The lowest BCUT2D eigenvalue weighted by Gasteiger charge is -2.09. The summed E-state index contributed by atoms with van der Waals surface area (Å²) in [5.41, 5.74) is 0. The van der Waals surface area contributed by atoms with Crippen molar-refractivity contribution in [3.63, 3.8) is 0 Å². The first-order valence-corrected chi connectivity index (χ1v) is 3.09. The Bertz CT molecular complexity index is 210. The van der Waals surface area contributed by atoms with Gasteiger partial charge >= 0.3 is 12.1 Å². The SMILES string of the molecule is COC(=O)CC(=O)C(F)C(F)(F)F. The molecule has 3 nitrogen and oxygen atoms in total. The second-order valence-corrected chi connectivity index (χ2v) is 2.12. The van der Waals surface area contributed by atoms with Crippen LogP contribution in [0, 0.1) is 0 Å². The molecule has 0 aliphatic rings. The average molecular weight is 202 g/mol. The largest absolute Gasteiger partial charge is 0.469 e. The molecule has 0 aliphatic heterocycles. The van der Waals surface area contributed by atoms with Crippen LogP contribution in [-0.2, 0) is 14.3 Å². The van der Waals surface area contributed by atoms with Crippen LogP contribution >= 0.6 is 0 Å². The zero-order valence-electron chi connectivity index (χ0n) is 6.52. The van der Waals surface area contributed by atoms with E-state index >= 15 is 0 Å². The molecule has 0 rings (SSSR count). The minimum absolute atomic E-state index is 0.885. The predicted octanol–water partition coefficient (Wildman–Crippen LogP) is 1.02. The molecule has 0 amide bonds. The fourth-order valence-corrected chi connectivity index (χ4v) is 0.487. The standard InChI is InChI=1S/C6H6F4O3/c1-13-4(12)2-3(11)5(7)6(8,9)10/h5H,2H2,1H3. The summed E-state index contributed by atoms with van der Waals surface area (Å²) in [6.45, 7) is 0. The summed E-state index contributed by atoms with van der Waals surface area (Å²) in [5.74, 6) is -3.05. The van der Waals surface area contributed by atoms with E-state index in [1.165, 1.54) is 0 Å². The van der Waals surface area contributed by atoms with Gasteiger partial charge < -0.3 is 4.74 Å². The van der Waals surface area contributed by atoms with Crippen molar-refractivity contribution in [1.29, 1.82) is 0 Å². The van der Waals surface area contributed by atoms with Gasteiger partial charge in [-0.25, -0.2) is 4.39 Å². The molecular formula is C6H6F4O3. The molecular weight excluding hydrogens is 196 g/mol. The zero-order valence-corrected chi connectivity index (χ0v) is 6.52. The van der Waals surface area contributed by atoms with Crippen molar-refractivity contribution in [2.24, 2.45) is 0 Å². The highest BCUT2D eigenvalue weighted by molar-refractivity contribution is 5.98. The van der Waals surface area contributed by atoms with Crippen LogP contribution in [-0.4, -0.2) is 31.2 Å². The molecule has 0 heterocycles. The van der Waals surface area contributed by atoms with Crippen molar-refractivity contribution in [2.75, 3.05) is 7.11 Å². The highest BCUT2D eigenvalue weighted by Gasteiger charge is 2.45. The van der Waals surface area contributed by atoms with Gasteiger partial charge in [-0.15, -0.1) is 0 Å². The molecule has 0 aromatic carbocycles. The monoisotopic (exact) mass is 202 g/mol. The average Bonchev–Trinajstić information content (AvgIpc) is 2.01. The molecule has 0 fully saturated rings. The number of esters is 1. The van der Waals surface area contributed by atoms with Crippen LogP contribution in [0.5, 0.6) is 0 Å². The summed E-state index contributed by atoms with van der Waals surface area (Å²) in [6, 6.07) is 0. The second kappa shape index (κ2) is 4.20. The Labute approximate surface area is 70.7 Å². The number of halogens is 4. The summed E-state index contributed by atoms with van der Waals surface area (Å²) in [7, 11) is 0.885. The summed E-state index contributed by atoms with van der Waals surface area (Å²) >= 11 is 0. The third kappa shape index (κ3) is 3.86. The Hall–Kier alpha value is -1.14. The summed E-state index contributed by atoms with van der Waals surface area (Å²) in [4.78, 5) is 20.6. The molecule has 0 spiro atoms. The fourth-order valence-electron chi connectivity index (χ4n) is 0.487. The third-order valence-corrected chi connectivity index (χ3v) is 1.12. The van der Waals surface area contributed by atoms with Crippen molar-refractivity contribution in [3.05, 3.63) is 0 Å². The Morgan fingerprint density at radius 1 is 1.38 bits per heavy atom. The number of ether oxygens (including phenoxy) is 1. The van der Waals surface area contributed by atoms with E-state index in [1.807, 2.05) is 0 Å². The summed E-state index contributed by atoms with van der Waals surface area (Å²) in [5, 5.41) is 0. The normalized spacial score (nSPS) is 13.6. The molecule has 1 atom stereocenters. The van der Waals surface area contributed by atoms with E-state index in [2.05, 4.69) is 4.74 Å². The predicted molar refractivity (Wildman–Crippen MR) is 32.6 cm³/mol. The van der Waals surface area contributed by atoms with E-state index in [-0.39, 0.29) is 0 Å². The molecule has 0 saturated heterocycles. The van der Waals surface area contributed by atoms with Crippen LogP contribution in [0.3, 0.4) is 0 Å². The number of ketones is 1. The minimum atomic E-state index is -5.26. The lowest BCUT2D eigenvalue weighted by Crippen LogP contribution is -2.33. The molecule has 1 unspecified atom stereocenters. The molecule has 76 valence electrons. The lowest BCUT2D eigenvalue weighted by atomic mass is 10.2. The maximum atomic E-state index is 12.1. The Kier molecular flexibility index (Phi) is 3.83. The molecule has 0 aromatic rings. The van der Waals surface area contributed by atoms with Gasteiger partial charge in [-0.05, 0) is 0 Å². The van der Waals surface area contributed by atoms with Gasteiger partial charge in [-0.3, -0.25) is 9.59 Å². The molecule has 0 bridgehead atoms. The number of Topliss-reactive ketones (excluding diaryl/α,β-unsaturated/α-hetero) is 1. The van der Waals surface area contributed by atoms with E-state index in [9.17, 15) is 27.2 Å². The van der Waals surface area contributed by atoms with Crippen molar-refractivity contribution in [1.82, 2.24) is 0 Å². The second-order valence-electron chi connectivity index (χ2n) is 2.12. The number of hydrogen-bond donors (Lipinski definition) is 0. The first-order chi connectivity index (χ1) is 5.79. The molecule has 0 radical (unpaired) electrons. The number of carbonyl (C=O) groups excluding carboxylic acids is 2. The van der Waals surface area contributed by atoms with Gasteiger partial charge in [-0.2, -0.15) is 13.2 Å². The van der Waals surface area contributed by atoms with Crippen LogP contribution in [0.25, 0.3) is 0 Å². The fraction of sp³-hybridized carbons (Fsp3) is 0.667. The van der Waals surface area contributed by atoms with Crippen molar-refractivity contribution < 1.29 is 31.9 Å². The molecule has 7 heteroatoms. The van der Waals surface area contributed by atoms with Crippen LogP contribution in [0.4, 0.5) is 17.6 Å². The maximum absolute atomic E-state index is 12.1. The van der Waals surface area contributed by atoms with Crippen molar-refractivity contribution in [2.45, 2.75) is 18.8 Å². The first kappa shape index (κ1) is 11.9. The number of hydrogen-bond acceptors (Lipinski definition) is 3. The van der Waals surface area contributed by atoms with Crippen LogP contribution in [0.2, 0.25) is 0 Å². The van der Waals surface area contributed by atoms with Gasteiger partial charge in [0.25, 0.3) is 6.17 Å². The van der Waals surface area contributed by atoms with E-state index < -0.39 is 30.5 Å². The van der Waals surface area contributed by atoms with Crippen molar-refractivity contribution >= 4 is 11.8 Å². The van der Waals surface area contributed by atoms with E-state index in [0.717, 1.165) is 7.11 Å². The Balaban J connectivity index is 4.20. The van der Waals surface area contributed by atoms with Gasteiger partial charge in [0.1, 0.15) is 6.42 Å². The van der Waals surface area contributed by atoms with Crippen molar-refractivity contribution in [3.8, 4) is 0 Å². The molecule has 0 saturated carbocycles. The first-order valence-electron chi connectivity index (χ1n) is 3.09. The number of rotatable bonds is 3. The molecule has 13 heavy (non-hydrogen) atoms. The molecule has 0 aromatic heterocycles. The van der Waals surface area contributed by atoms with Gasteiger partial charge in [0, 0.05) is 0 Å². The van der Waals surface area contributed by atoms with Gasteiger partial charge in [-0.1, -0.05) is 0 Å². The topological polar surface area (TPSA) is 43.4 Å². The quantitative estimate of drug-likeness (QED) is 0.390. The summed E-state index contributed by atoms with van der Waals surface area (Å²) in [6.07, 6.45) is -10.1. The Morgan fingerprint density at radius 3 is 2.15 bits per heavy atom. The number of carbonyl (C=O) groups is 2. The van der Waals surface area contributed by atoms with E-state index in [0.29, 0.717) is 0 Å². The van der Waals surface area contributed by atoms with Gasteiger partial charge in [0.15, 0.2) is 5.78 Å². The summed E-state index contributed by atoms with van der Waals surface area (Å²) < 4.78 is 50.5. The van der Waals surface area contributed by atoms with Gasteiger partial charge in [0.2, 0.25) is 0 Å². The highest BCUT2D eigenvalue weighted by atomic mass is 19.4. The van der Waals surface area contributed by atoms with E-state index in [4.69, 9.17) is 0 Å². The molecule has 0 aliphatic carbocycles. The highest BCUT2D eigenvalue weighted by Crippen LogP contribution is 2.24. The Morgan fingerprint density at radius 2 is 1.85 bits per heavy atom. The lowest BCUT2D eigenvalue weighted by molar-refractivity contribution is -0.186. The minimum Gasteiger partial charge on any atom is -0.469 e. The number of methoxy groups -OCH3 is 1. The van der Waals surface area contributed by atoms with E-state index in [1.54, 1.807) is 0 Å². The third-order valence-electron chi connectivity index (χ3n) is 1.12. The van der Waals surface area contributed by atoms with Crippen LogP contribution < -0.4 is 0 Å². The van der Waals surface area contributed by atoms with Gasteiger partial charge in [0.05, 0.1) is 7.11 Å². The maximum Gasteiger partial charge on any atom is 0.426 e. The number of alkyl halides is 4. The van der Waals surface area contributed by atoms with Crippen LogP contribution in [0.1, 0.15) is 6.42 Å². The smallest absolute Gasteiger partial charge is 0.426 e. The zero-order chi connectivity index (χ0) is 10.6. The van der Waals surface area contributed by atoms with Crippen LogP contribution in [0.15, 0.2) is 0 Å². The molecule has 0 N–H and O–H groups in total.